The van der Waals surface area contributed by atoms with E-state index >= 15 is 0 Å². The van der Waals surface area contributed by atoms with E-state index in [1.807, 2.05) is 36.4 Å². The van der Waals surface area contributed by atoms with Crippen molar-refractivity contribution in [1.29, 1.82) is 0 Å². The molecule has 3 rings (SSSR count). The molecule has 18 heavy (non-hydrogen) atoms. The van der Waals surface area contributed by atoms with Gasteiger partial charge in [0.25, 0.3) is 0 Å². The summed E-state index contributed by atoms with van der Waals surface area (Å²) < 4.78 is 5.18. The smallest absolute Gasteiger partial charge is 0.164 e. The maximum Gasteiger partial charge on any atom is 0.164 e. The Kier molecular flexibility index (Phi) is 2.63. The Morgan fingerprint density at radius 3 is 2.61 bits per heavy atom. The number of hydrogen-bond donors (Lipinski definition) is 0. The first kappa shape index (κ1) is 11.0. The van der Waals surface area contributed by atoms with Crippen LogP contribution in [0.1, 0.15) is 33.8 Å². The van der Waals surface area contributed by atoms with Crippen LogP contribution in [0.15, 0.2) is 48.5 Å². The first-order chi connectivity index (χ1) is 8.79. The van der Waals surface area contributed by atoms with Gasteiger partial charge in [-0.3, -0.25) is 4.79 Å². The molecule has 0 aromatic heterocycles. The second kappa shape index (κ2) is 4.30. The third kappa shape index (κ3) is 1.70. The van der Waals surface area contributed by atoms with E-state index in [2.05, 4.69) is 12.1 Å². The van der Waals surface area contributed by atoms with Crippen molar-refractivity contribution in [3.05, 3.63) is 65.2 Å². The van der Waals surface area contributed by atoms with E-state index in [0.29, 0.717) is 6.42 Å². The number of carbonyl (C=O) groups excluding carboxylic acids is 1. The molecule has 1 unspecified atom stereocenters. The van der Waals surface area contributed by atoms with Crippen LogP contribution in [0.4, 0.5) is 0 Å². The zero-order chi connectivity index (χ0) is 12.5. The van der Waals surface area contributed by atoms with Crippen molar-refractivity contribution in [2.45, 2.75) is 12.3 Å². The highest BCUT2D eigenvalue weighted by Gasteiger charge is 2.30. The lowest BCUT2D eigenvalue weighted by Crippen LogP contribution is -1.96. The van der Waals surface area contributed by atoms with E-state index in [0.717, 1.165) is 16.9 Å². The second-order valence-corrected chi connectivity index (χ2v) is 4.54. The van der Waals surface area contributed by atoms with E-state index < -0.39 is 0 Å². The van der Waals surface area contributed by atoms with Gasteiger partial charge in [-0.2, -0.15) is 0 Å². The number of rotatable bonds is 2. The van der Waals surface area contributed by atoms with Crippen LogP contribution in [-0.2, 0) is 0 Å². The summed E-state index contributed by atoms with van der Waals surface area (Å²) in [4.78, 5) is 12.1. The first-order valence-corrected chi connectivity index (χ1v) is 6.05. The summed E-state index contributed by atoms with van der Waals surface area (Å²) in [6.07, 6.45) is 0.562. The number of hydrogen-bond acceptors (Lipinski definition) is 2. The molecule has 1 aliphatic carbocycles. The van der Waals surface area contributed by atoms with E-state index in [4.69, 9.17) is 4.74 Å². The fourth-order valence-corrected chi connectivity index (χ4v) is 2.60. The van der Waals surface area contributed by atoms with Crippen molar-refractivity contribution in [3.63, 3.8) is 0 Å². The van der Waals surface area contributed by atoms with Crippen molar-refractivity contribution in [3.8, 4) is 5.75 Å². The molecule has 2 aromatic rings. The maximum atomic E-state index is 12.1. The molecular weight excluding hydrogens is 224 g/mol. The van der Waals surface area contributed by atoms with Crippen LogP contribution in [0.3, 0.4) is 0 Å². The van der Waals surface area contributed by atoms with E-state index in [1.54, 1.807) is 7.11 Å². The third-order valence-electron chi connectivity index (χ3n) is 3.53. The van der Waals surface area contributed by atoms with Gasteiger partial charge in [-0.05, 0) is 23.3 Å². The lowest BCUT2D eigenvalue weighted by atomic mass is 9.93. The summed E-state index contributed by atoms with van der Waals surface area (Å²) >= 11 is 0. The van der Waals surface area contributed by atoms with Crippen molar-refractivity contribution in [2.24, 2.45) is 0 Å². The molecule has 0 bridgehead atoms. The fourth-order valence-electron chi connectivity index (χ4n) is 2.60. The fraction of sp³-hybridized carbons (Fsp3) is 0.188. The van der Waals surface area contributed by atoms with Crippen LogP contribution >= 0.6 is 0 Å². The molecule has 0 saturated carbocycles. The number of methoxy groups -OCH3 is 1. The van der Waals surface area contributed by atoms with Crippen molar-refractivity contribution < 1.29 is 9.53 Å². The molecule has 0 N–H and O–H groups in total. The van der Waals surface area contributed by atoms with Crippen molar-refractivity contribution in [1.82, 2.24) is 0 Å². The minimum absolute atomic E-state index is 0.194. The van der Waals surface area contributed by atoms with Crippen LogP contribution in [0.5, 0.6) is 5.75 Å². The Morgan fingerprint density at radius 2 is 1.89 bits per heavy atom. The number of benzene rings is 2. The molecule has 0 radical (unpaired) electrons. The highest BCUT2D eigenvalue weighted by atomic mass is 16.5. The van der Waals surface area contributed by atoms with Crippen molar-refractivity contribution in [2.75, 3.05) is 7.11 Å². The van der Waals surface area contributed by atoms with Gasteiger partial charge in [0.1, 0.15) is 5.75 Å². The van der Waals surface area contributed by atoms with Gasteiger partial charge in [0.2, 0.25) is 0 Å². The summed E-state index contributed by atoms with van der Waals surface area (Å²) in [7, 11) is 1.62. The van der Waals surface area contributed by atoms with Crippen molar-refractivity contribution >= 4 is 5.78 Å². The second-order valence-electron chi connectivity index (χ2n) is 4.54. The first-order valence-electron chi connectivity index (χ1n) is 6.05. The third-order valence-corrected chi connectivity index (χ3v) is 3.53. The number of Topliss-reactive ketones (excluding diaryl/α,β-unsaturated/α-hetero) is 1. The zero-order valence-corrected chi connectivity index (χ0v) is 10.2. The minimum Gasteiger partial charge on any atom is -0.497 e. The summed E-state index contributed by atoms with van der Waals surface area (Å²) in [6, 6.07) is 16.0. The molecular formula is C16H14O2. The normalized spacial score (nSPS) is 17.6. The molecule has 1 atom stereocenters. The minimum atomic E-state index is 0.194. The summed E-state index contributed by atoms with van der Waals surface area (Å²) in [5, 5.41) is 0. The highest BCUT2D eigenvalue weighted by molar-refractivity contribution is 6.02. The summed E-state index contributed by atoms with van der Waals surface area (Å²) in [6.45, 7) is 0. The molecule has 0 aliphatic heterocycles. The van der Waals surface area contributed by atoms with E-state index in [1.165, 1.54) is 5.56 Å². The van der Waals surface area contributed by atoms with Gasteiger partial charge in [0.05, 0.1) is 7.11 Å². The molecule has 2 nitrogen and oxygen atoms in total. The molecule has 1 aliphatic rings. The largest absolute Gasteiger partial charge is 0.497 e. The van der Waals surface area contributed by atoms with Gasteiger partial charge < -0.3 is 4.74 Å². The maximum absolute atomic E-state index is 12.1. The summed E-state index contributed by atoms with van der Waals surface area (Å²) in [5.74, 6) is 1.15. The van der Waals surface area contributed by atoms with Crippen LogP contribution in [0.2, 0.25) is 0 Å². The Balaban J connectivity index is 2.07. The predicted molar refractivity (Wildman–Crippen MR) is 70.2 cm³/mol. The van der Waals surface area contributed by atoms with Crippen LogP contribution < -0.4 is 4.74 Å². The molecule has 0 fully saturated rings. The van der Waals surface area contributed by atoms with Gasteiger partial charge in [0.15, 0.2) is 5.78 Å². The lowest BCUT2D eigenvalue weighted by Gasteiger charge is -2.11. The quantitative estimate of drug-likeness (QED) is 0.801. The highest BCUT2D eigenvalue weighted by Crippen LogP contribution is 2.39. The topological polar surface area (TPSA) is 26.3 Å². The molecule has 0 heterocycles. The Bertz CT molecular complexity index is 587. The van der Waals surface area contributed by atoms with E-state index in [-0.39, 0.29) is 11.7 Å². The molecule has 0 amide bonds. The van der Waals surface area contributed by atoms with Crippen LogP contribution in [0, 0.1) is 0 Å². The summed E-state index contributed by atoms with van der Waals surface area (Å²) in [5.41, 5.74) is 3.13. The molecule has 0 saturated heterocycles. The Morgan fingerprint density at radius 1 is 1.11 bits per heavy atom. The monoisotopic (exact) mass is 238 g/mol. The SMILES string of the molecule is COc1ccc2c(c1)C(=O)CC2c1ccccc1. The Labute approximate surface area is 106 Å². The average molecular weight is 238 g/mol. The molecule has 0 spiro atoms. The van der Waals surface area contributed by atoms with Gasteiger partial charge in [-0.1, -0.05) is 36.4 Å². The number of fused-ring (bicyclic) bond motifs is 1. The Hall–Kier alpha value is -2.09. The van der Waals surface area contributed by atoms with Crippen LogP contribution in [-0.4, -0.2) is 12.9 Å². The standard InChI is InChI=1S/C16H14O2/c1-18-12-7-8-13-14(10-16(17)15(13)9-12)11-5-3-2-4-6-11/h2-9,14H,10H2,1H3. The predicted octanol–water partition coefficient (Wildman–Crippen LogP) is 3.41. The molecule has 2 aromatic carbocycles. The number of ketones is 1. The van der Waals surface area contributed by atoms with Gasteiger partial charge in [-0.15, -0.1) is 0 Å². The number of ether oxygens (including phenoxy) is 1. The van der Waals surface area contributed by atoms with Gasteiger partial charge in [-0.25, -0.2) is 0 Å². The lowest BCUT2D eigenvalue weighted by molar-refractivity contribution is 0.0991. The average Bonchev–Trinajstić information content (AvgIpc) is 2.77. The van der Waals surface area contributed by atoms with Crippen LogP contribution in [0.25, 0.3) is 0 Å². The molecule has 2 heteroatoms. The number of carbonyl (C=O) groups is 1. The zero-order valence-electron chi connectivity index (χ0n) is 10.2. The molecule has 90 valence electrons. The van der Waals surface area contributed by atoms with E-state index in [9.17, 15) is 4.79 Å². The van der Waals surface area contributed by atoms with Gasteiger partial charge >= 0.3 is 0 Å². The van der Waals surface area contributed by atoms with Gasteiger partial charge in [0, 0.05) is 17.9 Å².